The standard InChI is InChI=1S/C24H20N4O4/c29-23(22-8-3-13-31-22)27-18-5-1-4-17(14-18)16-26-24(30)28-19-6-2-7-21(15-19)32-20-9-11-25-12-10-20/h1-15H,16H2,(H,27,29)(H2,26,28,30). The van der Waals surface area contributed by atoms with Crippen LogP contribution in [0.5, 0.6) is 11.5 Å². The number of rotatable bonds is 7. The van der Waals surface area contributed by atoms with Crippen LogP contribution in [-0.2, 0) is 6.54 Å². The van der Waals surface area contributed by atoms with Crippen LogP contribution in [0.3, 0.4) is 0 Å². The predicted molar refractivity (Wildman–Crippen MR) is 120 cm³/mol. The predicted octanol–water partition coefficient (Wildman–Crippen LogP) is 5.04. The van der Waals surface area contributed by atoms with Crippen molar-refractivity contribution in [2.24, 2.45) is 0 Å². The van der Waals surface area contributed by atoms with Gasteiger partial charge < -0.3 is 25.1 Å². The number of hydrogen-bond acceptors (Lipinski definition) is 5. The van der Waals surface area contributed by atoms with Crippen LogP contribution in [0, 0.1) is 0 Å². The molecule has 0 radical (unpaired) electrons. The molecular formula is C24H20N4O4. The van der Waals surface area contributed by atoms with Crippen molar-refractivity contribution in [2.75, 3.05) is 10.6 Å². The average Bonchev–Trinajstić information content (AvgIpc) is 3.34. The minimum absolute atomic E-state index is 0.225. The van der Waals surface area contributed by atoms with Crippen LogP contribution in [0.15, 0.2) is 95.9 Å². The van der Waals surface area contributed by atoms with Gasteiger partial charge in [0.2, 0.25) is 0 Å². The topological polar surface area (TPSA) is 105 Å². The lowest BCUT2D eigenvalue weighted by Gasteiger charge is -2.11. The zero-order chi connectivity index (χ0) is 22.2. The van der Waals surface area contributed by atoms with E-state index >= 15 is 0 Å². The second-order valence-corrected chi connectivity index (χ2v) is 6.75. The smallest absolute Gasteiger partial charge is 0.319 e. The van der Waals surface area contributed by atoms with Gasteiger partial charge in [-0.3, -0.25) is 9.78 Å². The van der Waals surface area contributed by atoms with Crippen LogP contribution < -0.4 is 20.7 Å². The van der Waals surface area contributed by atoms with E-state index in [-0.39, 0.29) is 24.2 Å². The lowest BCUT2D eigenvalue weighted by atomic mass is 10.2. The normalized spacial score (nSPS) is 10.2. The number of urea groups is 1. The van der Waals surface area contributed by atoms with Crippen molar-refractivity contribution in [2.45, 2.75) is 6.54 Å². The van der Waals surface area contributed by atoms with E-state index in [0.29, 0.717) is 22.9 Å². The number of amides is 3. The Morgan fingerprint density at radius 1 is 0.844 bits per heavy atom. The Kier molecular flexibility index (Phi) is 6.42. The van der Waals surface area contributed by atoms with Gasteiger partial charge in [-0.05, 0) is 54.1 Å². The second kappa shape index (κ2) is 9.94. The number of ether oxygens (including phenoxy) is 1. The Balaban J connectivity index is 1.30. The summed E-state index contributed by atoms with van der Waals surface area (Å²) in [7, 11) is 0. The molecular weight excluding hydrogens is 408 g/mol. The molecule has 2 heterocycles. The van der Waals surface area contributed by atoms with Crippen molar-refractivity contribution in [3.63, 3.8) is 0 Å². The number of nitrogens with zero attached hydrogens (tertiary/aromatic N) is 1. The molecule has 0 aliphatic rings. The summed E-state index contributed by atoms with van der Waals surface area (Å²) in [6.45, 7) is 0.281. The summed E-state index contributed by atoms with van der Waals surface area (Å²) in [4.78, 5) is 28.4. The van der Waals surface area contributed by atoms with Crippen LogP contribution in [0.2, 0.25) is 0 Å². The van der Waals surface area contributed by atoms with E-state index in [2.05, 4.69) is 20.9 Å². The Bertz CT molecular complexity index is 1190. The summed E-state index contributed by atoms with van der Waals surface area (Å²) in [6.07, 6.45) is 4.72. The molecule has 160 valence electrons. The highest BCUT2D eigenvalue weighted by Gasteiger charge is 2.09. The van der Waals surface area contributed by atoms with Crippen LogP contribution in [0.1, 0.15) is 16.1 Å². The molecule has 0 aliphatic heterocycles. The van der Waals surface area contributed by atoms with Crippen molar-refractivity contribution in [1.82, 2.24) is 10.3 Å². The maximum absolute atomic E-state index is 12.3. The fraction of sp³-hybridized carbons (Fsp3) is 0.0417. The fourth-order valence-corrected chi connectivity index (χ4v) is 2.90. The number of anilines is 2. The minimum atomic E-state index is -0.365. The monoisotopic (exact) mass is 428 g/mol. The second-order valence-electron chi connectivity index (χ2n) is 6.75. The molecule has 0 unspecified atom stereocenters. The fourth-order valence-electron chi connectivity index (χ4n) is 2.90. The highest BCUT2D eigenvalue weighted by molar-refractivity contribution is 6.02. The Morgan fingerprint density at radius 2 is 1.62 bits per heavy atom. The van der Waals surface area contributed by atoms with Gasteiger partial charge >= 0.3 is 6.03 Å². The van der Waals surface area contributed by atoms with E-state index in [4.69, 9.17) is 9.15 Å². The lowest BCUT2D eigenvalue weighted by molar-refractivity contribution is 0.0996. The summed E-state index contributed by atoms with van der Waals surface area (Å²) in [5.41, 5.74) is 2.02. The first-order valence-corrected chi connectivity index (χ1v) is 9.82. The van der Waals surface area contributed by atoms with Crippen molar-refractivity contribution < 1.29 is 18.7 Å². The summed E-state index contributed by atoms with van der Waals surface area (Å²) >= 11 is 0. The first-order chi connectivity index (χ1) is 15.7. The number of nitrogens with one attached hydrogen (secondary N) is 3. The highest BCUT2D eigenvalue weighted by atomic mass is 16.5. The summed E-state index contributed by atoms with van der Waals surface area (Å²) in [5, 5.41) is 8.33. The van der Waals surface area contributed by atoms with Gasteiger partial charge in [0.1, 0.15) is 11.5 Å². The average molecular weight is 428 g/mol. The van der Waals surface area contributed by atoms with E-state index < -0.39 is 0 Å². The van der Waals surface area contributed by atoms with Gasteiger partial charge in [-0.25, -0.2) is 4.79 Å². The van der Waals surface area contributed by atoms with Gasteiger partial charge in [-0.2, -0.15) is 0 Å². The van der Waals surface area contributed by atoms with Crippen LogP contribution in [0.25, 0.3) is 0 Å². The van der Waals surface area contributed by atoms with E-state index in [1.165, 1.54) is 6.26 Å². The third-order valence-electron chi connectivity index (χ3n) is 4.36. The molecule has 0 saturated heterocycles. The molecule has 0 spiro atoms. The van der Waals surface area contributed by atoms with Gasteiger partial charge in [-0.1, -0.05) is 18.2 Å². The Morgan fingerprint density at radius 3 is 2.41 bits per heavy atom. The molecule has 3 amide bonds. The SMILES string of the molecule is O=C(NCc1cccc(NC(=O)c2ccco2)c1)Nc1cccc(Oc2ccncc2)c1. The first-order valence-electron chi connectivity index (χ1n) is 9.82. The van der Waals surface area contributed by atoms with Crippen molar-refractivity contribution >= 4 is 23.3 Å². The van der Waals surface area contributed by atoms with Crippen LogP contribution in [0.4, 0.5) is 16.2 Å². The molecule has 32 heavy (non-hydrogen) atoms. The number of pyridine rings is 1. The molecule has 8 nitrogen and oxygen atoms in total. The number of furan rings is 1. The molecule has 8 heteroatoms. The molecule has 0 atom stereocenters. The number of aromatic nitrogens is 1. The van der Waals surface area contributed by atoms with E-state index in [0.717, 1.165) is 5.56 Å². The zero-order valence-corrected chi connectivity index (χ0v) is 16.9. The largest absolute Gasteiger partial charge is 0.459 e. The third-order valence-corrected chi connectivity index (χ3v) is 4.36. The van der Waals surface area contributed by atoms with Gasteiger partial charge in [0.05, 0.1) is 6.26 Å². The molecule has 0 fully saturated rings. The van der Waals surface area contributed by atoms with E-state index in [1.807, 2.05) is 6.07 Å². The molecule has 4 rings (SSSR count). The summed E-state index contributed by atoms with van der Waals surface area (Å²) in [5.74, 6) is 1.13. The molecule has 4 aromatic rings. The van der Waals surface area contributed by atoms with Gasteiger partial charge in [-0.15, -0.1) is 0 Å². The Hall–Kier alpha value is -4.59. The van der Waals surface area contributed by atoms with Gasteiger partial charge in [0.25, 0.3) is 5.91 Å². The third kappa shape index (κ3) is 5.73. The molecule has 2 aromatic heterocycles. The zero-order valence-electron chi connectivity index (χ0n) is 16.9. The first kappa shape index (κ1) is 20.7. The highest BCUT2D eigenvalue weighted by Crippen LogP contribution is 2.23. The van der Waals surface area contributed by atoms with E-state index in [1.54, 1.807) is 79.1 Å². The number of carbonyl (C=O) groups excluding carboxylic acids is 2. The van der Waals surface area contributed by atoms with Crippen molar-refractivity contribution in [3.05, 3.63) is 103 Å². The van der Waals surface area contributed by atoms with Crippen molar-refractivity contribution in [3.8, 4) is 11.5 Å². The summed E-state index contributed by atoms with van der Waals surface area (Å²) in [6, 6.07) is 20.6. The van der Waals surface area contributed by atoms with Gasteiger partial charge in [0.15, 0.2) is 5.76 Å². The molecule has 2 aromatic carbocycles. The Labute approximate surface area is 184 Å². The lowest BCUT2D eigenvalue weighted by Crippen LogP contribution is -2.28. The van der Waals surface area contributed by atoms with Gasteiger partial charge in [0, 0.05) is 36.4 Å². The summed E-state index contributed by atoms with van der Waals surface area (Å²) < 4.78 is 10.8. The maximum atomic E-state index is 12.3. The van der Waals surface area contributed by atoms with Crippen LogP contribution in [-0.4, -0.2) is 16.9 Å². The van der Waals surface area contributed by atoms with Crippen LogP contribution >= 0.6 is 0 Å². The minimum Gasteiger partial charge on any atom is -0.459 e. The van der Waals surface area contributed by atoms with E-state index in [9.17, 15) is 9.59 Å². The quantitative estimate of drug-likeness (QED) is 0.382. The molecule has 0 aliphatic carbocycles. The number of benzene rings is 2. The molecule has 3 N–H and O–H groups in total. The maximum Gasteiger partial charge on any atom is 0.319 e. The number of hydrogen-bond donors (Lipinski definition) is 3. The van der Waals surface area contributed by atoms with Crippen molar-refractivity contribution in [1.29, 1.82) is 0 Å². The molecule has 0 bridgehead atoms. The molecule has 0 saturated carbocycles. The number of carbonyl (C=O) groups is 2.